The van der Waals surface area contributed by atoms with E-state index in [9.17, 15) is 19.7 Å². The minimum atomic E-state index is -0.624. The van der Waals surface area contributed by atoms with E-state index in [1.165, 1.54) is 13.2 Å². The molecule has 42 heavy (non-hydrogen) atoms. The number of ether oxygens (including phenoxy) is 1. The molecule has 0 radical (unpaired) electrons. The number of nitrogens with one attached hydrogen (secondary N) is 3. The highest BCUT2D eigenvalue weighted by atomic mass is 35.5. The molecule has 4 aromatic rings. The molecule has 13 heteroatoms. The summed E-state index contributed by atoms with van der Waals surface area (Å²) in [6, 6.07) is 16.5. The van der Waals surface area contributed by atoms with Gasteiger partial charge in [0.25, 0.3) is 17.5 Å². The summed E-state index contributed by atoms with van der Waals surface area (Å²) in [6.07, 6.45) is 0. The molecule has 0 saturated heterocycles. The monoisotopic (exact) mass is 592 g/mol. The molecule has 0 saturated carbocycles. The number of para-hydroxylation sites is 1. The fourth-order valence-electron chi connectivity index (χ4n) is 4.18. The van der Waals surface area contributed by atoms with Crippen LogP contribution in [0.5, 0.6) is 5.75 Å². The molecule has 4 rings (SSSR count). The van der Waals surface area contributed by atoms with E-state index in [-0.39, 0.29) is 35.1 Å². The minimum Gasteiger partial charge on any atom is -0.496 e. The number of amides is 2. The van der Waals surface area contributed by atoms with E-state index in [2.05, 4.69) is 21.1 Å². The van der Waals surface area contributed by atoms with Crippen molar-refractivity contribution in [3.05, 3.63) is 92.7 Å². The number of halogens is 1. The second-order valence-electron chi connectivity index (χ2n) is 9.35. The summed E-state index contributed by atoms with van der Waals surface area (Å²) in [5, 5.41) is 24.3. The van der Waals surface area contributed by atoms with Crippen molar-refractivity contribution in [3.8, 4) is 17.0 Å². The zero-order chi connectivity index (χ0) is 30.4. The summed E-state index contributed by atoms with van der Waals surface area (Å²) in [5.74, 6) is -0.0299. The molecular formula is C29H29ClN6O6. The van der Waals surface area contributed by atoms with E-state index in [4.69, 9.17) is 20.9 Å². The summed E-state index contributed by atoms with van der Waals surface area (Å²) in [6.45, 7) is 2.03. The topological polar surface area (TPSA) is 152 Å². The van der Waals surface area contributed by atoms with Crippen molar-refractivity contribution >= 4 is 46.2 Å². The van der Waals surface area contributed by atoms with E-state index in [1.54, 1.807) is 49.4 Å². The lowest BCUT2D eigenvalue weighted by molar-refractivity contribution is -0.383. The number of hydrogen-bond acceptors (Lipinski definition) is 9. The Hall–Kier alpha value is -5.10. The van der Waals surface area contributed by atoms with Gasteiger partial charge in [-0.15, -0.1) is 0 Å². The zero-order valence-electron chi connectivity index (χ0n) is 23.4. The molecule has 0 bridgehead atoms. The molecule has 2 amide bonds. The van der Waals surface area contributed by atoms with Gasteiger partial charge in [0.2, 0.25) is 0 Å². The van der Waals surface area contributed by atoms with Gasteiger partial charge in [-0.05, 0) is 49.4 Å². The maximum atomic E-state index is 13.1. The van der Waals surface area contributed by atoms with Crippen LogP contribution < -0.4 is 25.6 Å². The summed E-state index contributed by atoms with van der Waals surface area (Å²) >= 11 is 6.30. The van der Waals surface area contributed by atoms with Gasteiger partial charge in [-0.3, -0.25) is 19.7 Å². The summed E-state index contributed by atoms with van der Waals surface area (Å²) in [7, 11) is 5.28. The summed E-state index contributed by atoms with van der Waals surface area (Å²) in [4.78, 5) is 38.8. The number of anilines is 3. The first-order valence-electron chi connectivity index (χ1n) is 12.8. The molecule has 0 aliphatic rings. The Kier molecular flexibility index (Phi) is 9.28. The molecule has 0 fully saturated rings. The van der Waals surface area contributed by atoms with Crippen molar-refractivity contribution < 1.29 is 23.8 Å². The fourth-order valence-corrected chi connectivity index (χ4v) is 4.40. The first-order chi connectivity index (χ1) is 20.1. The molecule has 3 N–H and O–H groups in total. The number of benzene rings is 3. The third kappa shape index (κ3) is 6.61. The van der Waals surface area contributed by atoms with E-state index in [0.717, 1.165) is 11.8 Å². The molecule has 0 spiro atoms. The van der Waals surface area contributed by atoms with Crippen molar-refractivity contribution in [2.24, 2.45) is 0 Å². The van der Waals surface area contributed by atoms with Gasteiger partial charge in [0, 0.05) is 50.1 Å². The first kappa shape index (κ1) is 29.9. The number of nitrogens with zero attached hydrogens (tertiary/aromatic N) is 3. The molecule has 0 unspecified atom stereocenters. The standard InChI is InChI=1S/C29H29ClN6O6/c1-17-26(27(34-42-17)20-7-5-6-8-25(20)41-4)29(38)32-14-13-31-22-16-23(24(36(39)40)15-21(22)30)33-28(37)18-9-11-19(12-10-18)35(2)3/h5-12,15-16,31H,13-14H2,1-4H3,(H,32,38)(H,33,37). The second kappa shape index (κ2) is 13.0. The van der Waals surface area contributed by atoms with Crippen LogP contribution in [0.3, 0.4) is 0 Å². The van der Waals surface area contributed by atoms with Crippen LogP contribution >= 0.6 is 11.6 Å². The third-order valence-corrected chi connectivity index (χ3v) is 6.67. The molecule has 0 aliphatic carbocycles. The van der Waals surface area contributed by atoms with Crippen molar-refractivity contribution in [1.29, 1.82) is 0 Å². The molecular weight excluding hydrogens is 564 g/mol. The number of carbonyl (C=O) groups excluding carboxylic acids is 2. The van der Waals surface area contributed by atoms with Gasteiger partial charge in [0.1, 0.15) is 28.5 Å². The summed E-state index contributed by atoms with van der Waals surface area (Å²) in [5.41, 5.74) is 2.42. The Morgan fingerprint density at radius 3 is 2.43 bits per heavy atom. The number of hydrogen-bond donors (Lipinski definition) is 3. The van der Waals surface area contributed by atoms with Crippen molar-refractivity contribution in [1.82, 2.24) is 10.5 Å². The van der Waals surface area contributed by atoms with Crippen LogP contribution in [0.25, 0.3) is 11.3 Å². The molecule has 12 nitrogen and oxygen atoms in total. The van der Waals surface area contributed by atoms with E-state index >= 15 is 0 Å². The first-order valence-corrected chi connectivity index (χ1v) is 13.2. The molecule has 3 aromatic carbocycles. The van der Waals surface area contributed by atoms with Gasteiger partial charge in [0.15, 0.2) is 0 Å². The largest absolute Gasteiger partial charge is 0.496 e. The molecule has 0 aliphatic heterocycles. The van der Waals surface area contributed by atoms with E-state index in [1.807, 2.05) is 25.1 Å². The Balaban J connectivity index is 1.44. The van der Waals surface area contributed by atoms with Crippen LogP contribution in [0, 0.1) is 17.0 Å². The van der Waals surface area contributed by atoms with Crippen LogP contribution in [0.1, 0.15) is 26.5 Å². The van der Waals surface area contributed by atoms with Crippen molar-refractivity contribution in [3.63, 3.8) is 0 Å². The smallest absolute Gasteiger partial charge is 0.294 e. The van der Waals surface area contributed by atoms with Crippen LogP contribution in [0.4, 0.5) is 22.7 Å². The molecule has 1 heterocycles. The second-order valence-corrected chi connectivity index (χ2v) is 9.75. The minimum absolute atomic E-state index is 0.0285. The number of nitro benzene ring substituents is 1. The van der Waals surface area contributed by atoms with Gasteiger partial charge in [-0.2, -0.15) is 0 Å². The van der Waals surface area contributed by atoms with Crippen LogP contribution in [0.15, 0.2) is 65.2 Å². The Bertz CT molecular complexity index is 1620. The van der Waals surface area contributed by atoms with Crippen LogP contribution in [-0.4, -0.2) is 56.2 Å². The highest BCUT2D eigenvalue weighted by molar-refractivity contribution is 6.33. The zero-order valence-corrected chi connectivity index (χ0v) is 24.1. The van der Waals surface area contributed by atoms with Gasteiger partial charge >= 0.3 is 0 Å². The highest BCUT2D eigenvalue weighted by Crippen LogP contribution is 2.35. The SMILES string of the molecule is COc1ccccc1-c1noc(C)c1C(=O)NCCNc1cc(NC(=O)c2ccc(N(C)C)cc2)c([N+](=O)[O-])cc1Cl. The number of rotatable bonds is 11. The predicted molar refractivity (Wildman–Crippen MR) is 161 cm³/mol. The van der Waals surface area contributed by atoms with Gasteiger partial charge in [-0.1, -0.05) is 28.9 Å². The quantitative estimate of drug-likeness (QED) is 0.118. The number of aromatic nitrogens is 1. The third-order valence-electron chi connectivity index (χ3n) is 6.35. The highest BCUT2D eigenvalue weighted by Gasteiger charge is 2.24. The van der Waals surface area contributed by atoms with Crippen LogP contribution in [0.2, 0.25) is 5.02 Å². The van der Waals surface area contributed by atoms with Gasteiger partial charge in [-0.25, -0.2) is 0 Å². The molecule has 218 valence electrons. The van der Waals surface area contributed by atoms with Crippen molar-refractivity contribution in [2.75, 3.05) is 49.8 Å². The Labute approximate surface area is 246 Å². The summed E-state index contributed by atoms with van der Waals surface area (Å²) < 4.78 is 10.7. The van der Waals surface area contributed by atoms with E-state index < -0.39 is 16.7 Å². The number of carbonyl (C=O) groups is 2. The maximum absolute atomic E-state index is 13.1. The fraction of sp³-hybridized carbons (Fsp3) is 0.207. The average Bonchev–Trinajstić information content (AvgIpc) is 3.37. The Morgan fingerprint density at radius 2 is 1.76 bits per heavy atom. The number of aryl methyl sites for hydroxylation is 1. The normalized spacial score (nSPS) is 10.6. The maximum Gasteiger partial charge on any atom is 0.294 e. The molecule has 0 atom stereocenters. The lowest BCUT2D eigenvalue weighted by Gasteiger charge is -2.14. The Morgan fingerprint density at radius 1 is 1.05 bits per heavy atom. The predicted octanol–water partition coefficient (Wildman–Crippen LogP) is 5.38. The lowest BCUT2D eigenvalue weighted by Crippen LogP contribution is -2.29. The lowest BCUT2D eigenvalue weighted by atomic mass is 10.0. The van der Waals surface area contributed by atoms with Gasteiger partial charge < -0.3 is 30.1 Å². The van der Waals surface area contributed by atoms with E-state index in [0.29, 0.717) is 34.0 Å². The number of methoxy groups -OCH3 is 1. The van der Waals surface area contributed by atoms with Crippen LogP contribution in [-0.2, 0) is 0 Å². The van der Waals surface area contributed by atoms with Gasteiger partial charge in [0.05, 0.1) is 22.7 Å². The number of nitro groups is 1. The molecule has 1 aromatic heterocycles. The van der Waals surface area contributed by atoms with Crippen molar-refractivity contribution in [2.45, 2.75) is 6.92 Å². The average molecular weight is 593 g/mol.